The van der Waals surface area contributed by atoms with Gasteiger partial charge in [0.15, 0.2) is 0 Å². The van der Waals surface area contributed by atoms with E-state index in [0.29, 0.717) is 11.5 Å². The lowest BCUT2D eigenvalue weighted by Gasteiger charge is -2.52. The second-order valence-corrected chi connectivity index (χ2v) is 10.0. The summed E-state index contributed by atoms with van der Waals surface area (Å²) in [7, 11) is 0. The van der Waals surface area contributed by atoms with Gasteiger partial charge in [-0.1, -0.05) is 32.9 Å². The van der Waals surface area contributed by atoms with Gasteiger partial charge < -0.3 is 23.5 Å². The van der Waals surface area contributed by atoms with Gasteiger partial charge in [0, 0.05) is 5.92 Å². The molecule has 2 saturated carbocycles. The van der Waals surface area contributed by atoms with Crippen LogP contribution in [0.3, 0.4) is 0 Å². The first-order valence-electron chi connectivity index (χ1n) is 9.45. The third kappa shape index (κ3) is 1.99. The molecule has 0 amide bonds. The predicted octanol–water partition coefficient (Wildman–Crippen LogP) is 1.98. The molecule has 146 valence electrons. The summed E-state index contributed by atoms with van der Waals surface area (Å²) in [5.41, 5.74) is -1.40. The maximum absolute atomic E-state index is 11.9. The lowest BCUT2D eigenvalue weighted by molar-refractivity contribution is -0.206. The fourth-order valence-corrected chi connectivity index (χ4v) is 7.65. The second-order valence-electron chi connectivity index (χ2n) is 9.53. The topological polar surface area (TPSA) is 90.2 Å². The molecule has 1 unspecified atom stereocenters. The van der Waals surface area contributed by atoms with Crippen molar-refractivity contribution < 1.29 is 23.5 Å². The Morgan fingerprint density at radius 1 is 1.31 bits per heavy atom. The summed E-state index contributed by atoms with van der Waals surface area (Å²) in [6, 6.07) is 0. The zero-order valence-electron chi connectivity index (χ0n) is 15.7. The van der Waals surface area contributed by atoms with Gasteiger partial charge in [-0.15, -0.1) is 0 Å². The average Bonchev–Trinajstić information content (AvgIpc) is 3.05. The number of fused-ring (bicyclic) bond motifs is 3. The molecule has 1 spiro atoms. The van der Waals surface area contributed by atoms with E-state index in [9.17, 15) is 20.4 Å². The van der Waals surface area contributed by atoms with Crippen LogP contribution < -0.4 is 0 Å². The molecule has 0 aromatic rings. The third-order valence-corrected chi connectivity index (χ3v) is 8.76. The molecule has 2 fully saturated rings. The molecular formula is C20H29IO5. The van der Waals surface area contributed by atoms with Crippen molar-refractivity contribution in [2.45, 2.75) is 58.0 Å². The Bertz CT molecular complexity index is 688. The fraction of sp³-hybridized carbons (Fsp3) is 0.800. The minimum atomic E-state index is -1.71. The zero-order valence-corrected chi connectivity index (χ0v) is 17.8. The quantitative estimate of drug-likeness (QED) is 0.362. The predicted molar refractivity (Wildman–Crippen MR) is 105 cm³/mol. The van der Waals surface area contributed by atoms with Crippen LogP contribution >= 0.6 is 23.0 Å². The SMILES string of the molecule is CC1=C[C@]23C(O)[C@@H](C=C(CO)[C@@H](O)[C@]2(O)[C@H]1OI)[C@H]1[C@@H](C[C@H]3C)C1(C)C. The molecule has 26 heavy (non-hydrogen) atoms. The van der Waals surface area contributed by atoms with Gasteiger partial charge in [-0.3, -0.25) is 0 Å². The van der Waals surface area contributed by atoms with Gasteiger partial charge in [0.1, 0.15) is 40.8 Å². The van der Waals surface area contributed by atoms with E-state index >= 15 is 0 Å². The van der Waals surface area contributed by atoms with Crippen LogP contribution in [-0.2, 0) is 3.07 Å². The molecule has 4 aliphatic rings. The van der Waals surface area contributed by atoms with E-state index in [2.05, 4.69) is 20.8 Å². The van der Waals surface area contributed by atoms with E-state index in [4.69, 9.17) is 3.07 Å². The van der Waals surface area contributed by atoms with Crippen molar-refractivity contribution in [2.24, 2.45) is 34.5 Å². The molecule has 4 rings (SSSR count). The van der Waals surface area contributed by atoms with Gasteiger partial charge in [0.05, 0.1) is 18.1 Å². The van der Waals surface area contributed by atoms with Crippen molar-refractivity contribution in [3.05, 3.63) is 23.3 Å². The summed E-state index contributed by atoms with van der Waals surface area (Å²) in [4.78, 5) is 0. The summed E-state index contributed by atoms with van der Waals surface area (Å²) in [5, 5.41) is 44.7. The Morgan fingerprint density at radius 2 is 1.96 bits per heavy atom. The zero-order chi connectivity index (χ0) is 19.2. The van der Waals surface area contributed by atoms with Crippen LogP contribution in [-0.4, -0.2) is 50.9 Å². The number of rotatable bonds is 2. The third-order valence-electron chi connectivity index (χ3n) is 8.25. The van der Waals surface area contributed by atoms with E-state index in [1.165, 1.54) is 0 Å². The first-order chi connectivity index (χ1) is 12.1. The number of hydrogen-bond acceptors (Lipinski definition) is 5. The van der Waals surface area contributed by atoms with Crippen LogP contribution in [0.5, 0.6) is 0 Å². The lowest BCUT2D eigenvalue weighted by atomic mass is 9.58. The highest BCUT2D eigenvalue weighted by Gasteiger charge is 2.75. The Kier molecular flexibility index (Phi) is 4.29. The molecule has 4 N–H and O–H groups in total. The summed E-state index contributed by atoms with van der Waals surface area (Å²) in [5.74, 6) is 0.501. The van der Waals surface area contributed by atoms with Gasteiger partial charge in [-0.05, 0) is 47.7 Å². The first-order valence-corrected chi connectivity index (χ1v) is 10.3. The fourth-order valence-electron chi connectivity index (χ4n) is 6.86. The highest BCUT2D eigenvalue weighted by molar-refractivity contribution is 14.1. The molecule has 0 saturated heterocycles. The molecule has 0 aromatic carbocycles. The monoisotopic (exact) mass is 476 g/mol. The second kappa shape index (κ2) is 5.76. The van der Waals surface area contributed by atoms with Gasteiger partial charge in [-0.25, -0.2) is 0 Å². The standard InChI is InChI=1S/C20H29IO5/c1-9-7-19-10(2)5-13-14(18(13,3)4)12(16(19)24)6-11(8-22)15(23)20(19,25)17(9)26-21/h6-7,10,12-17,22-25H,5,8H2,1-4H3/t10-,12+,13-,14+,15-,16?,17+,19+,20+/m1/s1. The van der Waals surface area contributed by atoms with Gasteiger partial charge in [-0.2, -0.15) is 0 Å². The van der Waals surface area contributed by atoms with E-state index in [-0.39, 0.29) is 29.8 Å². The molecule has 9 atom stereocenters. The van der Waals surface area contributed by atoms with Gasteiger partial charge in [0.25, 0.3) is 0 Å². The Labute approximate surface area is 168 Å². The normalized spacial score (nSPS) is 54.4. The van der Waals surface area contributed by atoms with E-state index < -0.39 is 29.3 Å². The molecule has 0 radical (unpaired) electrons. The molecule has 0 heterocycles. The molecule has 4 aliphatic carbocycles. The number of aliphatic hydroxyl groups excluding tert-OH is 3. The molecule has 2 bridgehead atoms. The van der Waals surface area contributed by atoms with Crippen molar-refractivity contribution in [1.29, 1.82) is 0 Å². The van der Waals surface area contributed by atoms with Gasteiger partial charge >= 0.3 is 0 Å². The van der Waals surface area contributed by atoms with Crippen LogP contribution in [0.15, 0.2) is 23.3 Å². The molecule has 5 nitrogen and oxygen atoms in total. The van der Waals surface area contributed by atoms with Crippen molar-refractivity contribution in [2.75, 3.05) is 6.61 Å². The molecule has 6 heteroatoms. The van der Waals surface area contributed by atoms with E-state index in [1.54, 1.807) is 23.0 Å². The Balaban J connectivity index is 1.98. The maximum atomic E-state index is 11.9. The lowest BCUT2D eigenvalue weighted by Crippen LogP contribution is -2.66. The summed E-state index contributed by atoms with van der Waals surface area (Å²) >= 11 is 1.76. The largest absolute Gasteiger partial charge is 0.392 e. The van der Waals surface area contributed by atoms with Crippen molar-refractivity contribution in [3.63, 3.8) is 0 Å². The van der Waals surface area contributed by atoms with Crippen molar-refractivity contribution in [1.82, 2.24) is 0 Å². The molecular weight excluding hydrogens is 447 g/mol. The molecule has 0 aromatic heterocycles. The minimum Gasteiger partial charge on any atom is -0.392 e. The van der Waals surface area contributed by atoms with E-state index in [0.717, 1.165) is 12.0 Å². The number of aliphatic hydroxyl groups is 4. The highest BCUT2D eigenvalue weighted by Crippen LogP contribution is 2.72. The molecule has 0 aliphatic heterocycles. The van der Waals surface area contributed by atoms with Crippen molar-refractivity contribution in [3.8, 4) is 0 Å². The van der Waals surface area contributed by atoms with Gasteiger partial charge in [0.2, 0.25) is 0 Å². The highest BCUT2D eigenvalue weighted by atomic mass is 127. The summed E-state index contributed by atoms with van der Waals surface area (Å²) in [6.07, 6.45) is 1.82. The van der Waals surface area contributed by atoms with Crippen LogP contribution in [0.2, 0.25) is 0 Å². The van der Waals surface area contributed by atoms with Crippen LogP contribution in [0.25, 0.3) is 0 Å². The van der Waals surface area contributed by atoms with Crippen LogP contribution in [0.4, 0.5) is 0 Å². The van der Waals surface area contributed by atoms with Crippen LogP contribution in [0, 0.1) is 34.5 Å². The average molecular weight is 476 g/mol. The van der Waals surface area contributed by atoms with E-state index in [1.807, 2.05) is 19.1 Å². The minimum absolute atomic E-state index is 0.0330. The summed E-state index contributed by atoms with van der Waals surface area (Å²) < 4.78 is 5.59. The summed E-state index contributed by atoms with van der Waals surface area (Å²) in [6.45, 7) is 8.06. The van der Waals surface area contributed by atoms with Crippen LogP contribution in [0.1, 0.15) is 34.1 Å². The maximum Gasteiger partial charge on any atom is 0.137 e. The Morgan fingerprint density at radius 3 is 2.54 bits per heavy atom. The first kappa shape index (κ1) is 19.3. The van der Waals surface area contributed by atoms with Crippen molar-refractivity contribution >= 4 is 23.0 Å². The smallest absolute Gasteiger partial charge is 0.137 e. The Hall–Kier alpha value is 0.01000. The number of hydrogen-bond donors (Lipinski definition) is 4. The number of halogens is 1.